The van der Waals surface area contributed by atoms with Crippen molar-refractivity contribution in [3.05, 3.63) is 22.4 Å². The van der Waals surface area contributed by atoms with Crippen LogP contribution in [0.25, 0.3) is 11.1 Å². The zero-order valence-electron chi connectivity index (χ0n) is 10.9. The molecule has 2 aromatic rings. The van der Waals surface area contributed by atoms with E-state index in [1.54, 1.807) is 6.92 Å². The highest BCUT2D eigenvalue weighted by molar-refractivity contribution is 5.83. The lowest BCUT2D eigenvalue weighted by Gasteiger charge is -2.16. The van der Waals surface area contributed by atoms with Gasteiger partial charge in [-0.3, -0.25) is 14.2 Å². The number of aryl methyl sites for hydroxylation is 1. The van der Waals surface area contributed by atoms with Crippen molar-refractivity contribution in [3.63, 3.8) is 0 Å². The highest BCUT2D eigenvalue weighted by atomic mass is 16.5. The van der Waals surface area contributed by atoms with E-state index >= 15 is 0 Å². The lowest BCUT2D eigenvalue weighted by atomic mass is 9.91. The Labute approximate surface area is 104 Å². The van der Waals surface area contributed by atoms with Gasteiger partial charge in [0.1, 0.15) is 11.7 Å². The number of Topliss-reactive ketones (excluding diaryl/α,β-unsaturated/α-hetero) is 1. The Morgan fingerprint density at radius 2 is 2.11 bits per heavy atom. The molecule has 2 rings (SSSR count). The lowest BCUT2D eigenvalue weighted by Crippen LogP contribution is -2.30. The molecule has 0 amide bonds. The van der Waals surface area contributed by atoms with Gasteiger partial charge in [-0.1, -0.05) is 25.9 Å². The van der Waals surface area contributed by atoms with Crippen molar-refractivity contribution in [2.45, 2.75) is 34.2 Å². The molecule has 18 heavy (non-hydrogen) atoms. The average Bonchev–Trinajstić information content (AvgIpc) is 2.63. The predicted octanol–water partition coefficient (Wildman–Crippen LogP) is 1.31. The van der Waals surface area contributed by atoms with Crippen LogP contribution in [0.3, 0.4) is 0 Å². The van der Waals surface area contributed by atoms with Gasteiger partial charge in [0.2, 0.25) is 0 Å². The molecule has 6 heteroatoms. The molecule has 0 saturated heterocycles. The third kappa shape index (κ3) is 2.05. The number of rotatable bonds is 2. The Kier molecular flexibility index (Phi) is 2.80. The van der Waals surface area contributed by atoms with Crippen LogP contribution in [0.5, 0.6) is 0 Å². The largest absolute Gasteiger partial charge is 0.335 e. The van der Waals surface area contributed by atoms with Gasteiger partial charge in [0.15, 0.2) is 5.78 Å². The van der Waals surface area contributed by atoms with E-state index in [9.17, 15) is 9.59 Å². The van der Waals surface area contributed by atoms with E-state index in [1.165, 1.54) is 10.9 Å². The molecule has 6 nitrogen and oxygen atoms in total. The molecule has 0 bridgehead atoms. The zero-order valence-corrected chi connectivity index (χ0v) is 10.9. The SMILES string of the molecule is Cc1noc2ncn(CC(=O)C(C)(C)C)c(=O)c12. The van der Waals surface area contributed by atoms with Gasteiger partial charge in [-0.2, -0.15) is 0 Å². The highest BCUT2D eigenvalue weighted by Crippen LogP contribution is 2.15. The molecule has 2 heterocycles. The molecule has 0 unspecified atom stereocenters. The summed E-state index contributed by atoms with van der Waals surface area (Å²) in [6.07, 6.45) is 1.32. The molecule has 0 aromatic carbocycles. The van der Waals surface area contributed by atoms with Crippen LogP contribution in [0.4, 0.5) is 0 Å². The van der Waals surface area contributed by atoms with Gasteiger partial charge in [0, 0.05) is 5.41 Å². The predicted molar refractivity (Wildman–Crippen MR) is 65.3 cm³/mol. The summed E-state index contributed by atoms with van der Waals surface area (Å²) in [6.45, 7) is 7.13. The summed E-state index contributed by atoms with van der Waals surface area (Å²) in [4.78, 5) is 28.0. The second-order valence-electron chi connectivity index (χ2n) is 5.30. The van der Waals surface area contributed by atoms with Crippen LogP contribution < -0.4 is 5.56 Å². The third-order valence-corrected chi connectivity index (χ3v) is 2.78. The summed E-state index contributed by atoms with van der Waals surface area (Å²) in [6, 6.07) is 0. The molecular formula is C12H15N3O3. The molecule has 0 fully saturated rings. The van der Waals surface area contributed by atoms with E-state index in [0.29, 0.717) is 11.1 Å². The fourth-order valence-electron chi connectivity index (χ4n) is 1.51. The lowest BCUT2D eigenvalue weighted by molar-refractivity contribution is -0.126. The van der Waals surface area contributed by atoms with Crippen LogP contribution >= 0.6 is 0 Å². The normalized spacial score (nSPS) is 12.0. The standard InChI is InChI=1S/C12H15N3O3/c1-7-9-10(18-14-7)13-6-15(11(9)17)5-8(16)12(2,3)4/h6H,5H2,1-4H3. The Balaban J connectivity index is 2.47. The van der Waals surface area contributed by atoms with Crippen molar-refractivity contribution in [1.29, 1.82) is 0 Å². The number of nitrogens with zero attached hydrogens (tertiary/aromatic N) is 3. The van der Waals surface area contributed by atoms with Gasteiger partial charge < -0.3 is 4.52 Å². The highest BCUT2D eigenvalue weighted by Gasteiger charge is 2.22. The summed E-state index contributed by atoms with van der Waals surface area (Å²) < 4.78 is 6.19. The van der Waals surface area contributed by atoms with Crippen LogP contribution in [0.1, 0.15) is 26.5 Å². The van der Waals surface area contributed by atoms with Crippen molar-refractivity contribution < 1.29 is 9.32 Å². The zero-order chi connectivity index (χ0) is 13.5. The average molecular weight is 249 g/mol. The number of hydrogen-bond acceptors (Lipinski definition) is 5. The molecule has 0 saturated carbocycles. The van der Waals surface area contributed by atoms with E-state index in [0.717, 1.165) is 0 Å². The van der Waals surface area contributed by atoms with E-state index in [-0.39, 0.29) is 23.6 Å². The second-order valence-corrected chi connectivity index (χ2v) is 5.30. The van der Waals surface area contributed by atoms with Gasteiger partial charge in [0.25, 0.3) is 11.3 Å². The quantitative estimate of drug-likeness (QED) is 0.801. The number of fused-ring (bicyclic) bond motifs is 1. The van der Waals surface area contributed by atoms with Crippen molar-refractivity contribution >= 4 is 16.9 Å². The van der Waals surface area contributed by atoms with Crippen molar-refractivity contribution in [1.82, 2.24) is 14.7 Å². The van der Waals surface area contributed by atoms with Gasteiger partial charge in [-0.05, 0) is 6.92 Å². The molecule has 0 aliphatic carbocycles. The van der Waals surface area contributed by atoms with E-state index in [4.69, 9.17) is 4.52 Å². The molecule has 0 spiro atoms. The Bertz CT molecular complexity index is 661. The van der Waals surface area contributed by atoms with Crippen molar-refractivity contribution in [3.8, 4) is 0 Å². The molecule has 0 atom stereocenters. The first kappa shape index (κ1) is 12.5. The van der Waals surface area contributed by atoms with Crippen LogP contribution in [-0.4, -0.2) is 20.5 Å². The summed E-state index contributed by atoms with van der Waals surface area (Å²) in [5, 5.41) is 4.02. The van der Waals surface area contributed by atoms with Gasteiger partial charge in [-0.25, -0.2) is 4.98 Å². The fourth-order valence-corrected chi connectivity index (χ4v) is 1.51. The Hall–Kier alpha value is -1.98. The number of ketones is 1. The Morgan fingerprint density at radius 3 is 2.72 bits per heavy atom. The van der Waals surface area contributed by atoms with E-state index < -0.39 is 5.41 Å². The minimum atomic E-state index is -0.488. The Morgan fingerprint density at radius 1 is 1.44 bits per heavy atom. The van der Waals surface area contributed by atoms with Crippen LogP contribution in [0, 0.1) is 12.3 Å². The van der Waals surface area contributed by atoms with E-state index in [1.807, 2.05) is 20.8 Å². The minimum Gasteiger partial charge on any atom is -0.335 e. The fraction of sp³-hybridized carbons (Fsp3) is 0.500. The van der Waals surface area contributed by atoms with Crippen molar-refractivity contribution in [2.75, 3.05) is 0 Å². The van der Waals surface area contributed by atoms with Gasteiger partial charge >= 0.3 is 0 Å². The maximum absolute atomic E-state index is 12.1. The summed E-state index contributed by atoms with van der Waals surface area (Å²) in [5.41, 5.74) is -0.0914. The first-order valence-electron chi connectivity index (χ1n) is 5.65. The maximum atomic E-state index is 12.1. The summed E-state index contributed by atoms with van der Waals surface area (Å²) >= 11 is 0. The van der Waals surface area contributed by atoms with Crippen LogP contribution in [0.15, 0.2) is 15.6 Å². The molecule has 96 valence electrons. The summed E-state index contributed by atoms with van der Waals surface area (Å²) in [5.74, 6) is -0.0279. The third-order valence-electron chi connectivity index (χ3n) is 2.78. The number of carbonyl (C=O) groups is 1. The monoisotopic (exact) mass is 249 g/mol. The molecular weight excluding hydrogens is 234 g/mol. The maximum Gasteiger partial charge on any atom is 0.266 e. The van der Waals surface area contributed by atoms with Gasteiger partial charge in [0.05, 0.1) is 12.2 Å². The topological polar surface area (TPSA) is 78.0 Å². The van der Waals surface area contributed by atoms with Crippen LogP contribution in [-0.2, 0) is 11.3 Å². The second kappa shape index (κ2) is 4.04. The van der Waals surface area contributed by atoms with Gasteiger partial charge in [-0.15, -0.1) is 0 Å². The summed E-state index contributed by atoms with van der Waals surface area (Å²) in [7, 11) is 0. The molecule has 0 aliphatic rings. The molecule has 0 aliphatic heterocycles. The first-order chi connectivity index (χ1) is 8.30. The van der Waals surface area contributed by atoms with Crippen LogP contribution in [0.2, 0.25) is 0 Å². The number of carbonyl (C=O) groups excluding carboxylic acids is 1. The van der Waals surface area contributed by atoms with Crippen molar-refractivity contribution in [2.24, 2.45) is 5.41 Å². The number of aromatic nitrogens is 3. The minimum absolute atomic E-state index is 0.00981. The smallest absolute Gasteiger partial charge is 0.266 e. The molecule has 0 N–H and O–H groups in total. The first-order valence-corrected chi connectivity index (χ1v) is 5.65. The van der Waals surface area contributed by atoms with E-state index in [2.05, 4.69) is 10.1 Å². The molecule has 0 radical (unpaired) electrons. The molecule has 2 aromatic heterocycles. The number of hydrogen-bond donors (Lipinski definition) is 0.